The molecular formula is C12H20N2OS. The Hall–Kier alpha value is -0.870. The van der Waals surface area contributed by atoms with Gasteiger partial charge in [-0.05, 0) is 22.4 Å². The molecule has 1 heterocycles. The first-order valence-electron chi connectivity index (χ1n) is 5.58. The number of nitrogens with one attached hydrogen (secondary N) is 1. The highest BCUT2D eigenvalue weighted by atomic mass is 32.1. The summed E-state index contributed by atoms with van der Waals surface area (Å²) in [5.74, 6) is 0.194. The van der Waals surface area contributed by atoms with Gasteiger partial charge in [-0.1, -0.05) is 13.8 Å². The van der Waals surface area contributed by atoms with Crippen molar-refractivity contribution >= 4 is 17.2 Å². The summed E-state index contributed by atoms with van der Waals surface area (Å²) in [6, 6.07) is 2.50. The highest BCUT2D eigenvalue weighted by Gasteiger charge is 2.09. The first-order chi connectivity index (χ1) is 7.59. The van der Waals surface area contributed by atoms with Gasteiger partial charge in [-0.15, -0.1) is 0 Å². The molecule has 0 radical (unpaired) electrons. The fourth-order valence-electron chi connectivity index (χ4n) is 1.40. The van der Waals surface area contributed by atoms with E-state index in [4.69, 9.17) is 0 Å². The number of amides is 1. The first kappa shape index (κ1) is 13.2. The normalized spacial score (nSPS) is 10.8. The molecule has 0 aromatic carbocycles. The highest BCUT2D eigenvalue weighted by molar-refractivity contribution is 7.07. The van der Waals surface area contributed by atoms with Crippen molar-refractivity contribution in [3.05, 3.63) is 22.4 Å². The number of hydrogen-bond donors (Lipinski definition) is 1. The zero-order valence-corrected chi connectivity index (χ0v) is 11.0. The minimum absolute atomic E-state index is 0.194. The molecule has 3 nitrogen and oxygen atoms in total. The van der Waals surface area contributed by atoms with Gasteiger partial charge in [-0.3, -0.25) is 4.79 Å². The second-order valence-electron chi connectivity index (χ2n) is 4.24. The van der Waals surface area contributed by atoms with E-state index in [0.29, 0.717) is 19.0 Å². The molecule has 0 spiro atoms. The van der Waals surface area contributed by atoms with Crippen LogP contribution in [-0.4, -0.2) is 30.4 Å². The summed E-state index contributed by atoms with van der Waals surface area (Å²) in [6.45, 7) is 5.63. The molecule has 16 heavy (non-hydrogen) atoms. The lowest BCUT2D eigenvalue weighted by Gasteiger charge is -2.17. The van der Waals surface area contributed by atoms with Crippen LogP contribution < -0.4 is 5.32 Å². The zero-order chi connectivity index (χ0) is 12.0. The molecule has 1 rings (SSSR count). The molecule has 0 fully saturated rings. The molecule has 0 atom stereocenters. The van der Waals surface area contributed by atoms with E-state index >= 15 is 0 Å². The summed E-state index contributed by atoms with van der Waals surface area (Å²) in [6.07, 6.45) is 0.568. The summed E-state index contributed by atoms with van der Waals surface area (Å²) in [4.78, 5) is 13.5. The van der Waals surface area contributed by atoms with Crippen LogP contribution in [0.3, 0.4) is 0 Å². The molecule has 0 aliphatic heterocycles. The lowest BCUT2D eigenvalue weighted by molar-refractivity contribution is -0.130. The maximum Gasteiger partial charge on any atom is 0.223 e. The van der Waals surface area contributed by atoms with Gasteiger partial charge in [0.15, 0.2) is 0 Å². The second-order valence-corrected chi connectivity index (χ2v) is 5.02. The summed E-state index contributed by atoms with van der Waals surface area (Å²) in [5.41, 5.74) is 1.21. The Bertz CT molecular complexity index is 309. The molecule has 0 unspecified atom stereocenters. The van der Waals surface area contributed by atoms with Gasteiger partial charge in [0.25, 0.3) is 0 Å². The molecule has 4 heteroatoms. The number of carbonyl (C=O) groups is 1. The molecule has 90 valence electrons. The van der Waals surface area contributed by atoms with Gasteiger partial charge in [-0.2, -0.15) is 11.3 Å². The quantitative estimate of drug-likeness (QED) is 0.826. The molecule has 0 bridgehead atoms. The van der Waals surface area contributed by atoms with E-state index in [1.165, 1.54) is 5.56 Å². The van der Waals surface area contributed by atoms with Gasteiger partial charge < -0.3 is 10.2 Å². The van der Waals surface area contributed by atoms with E-state index in [0.717, 1.165) is 6.54 Å². The number of nitrogens with zero attached hydrogens (tertiary/aromatic N) is 1. The zero-order valence-electron chi connectivity index (χ0n) is 10.2. The monoisotopic (exact) mass is 240 g/mol. The number of thiophene rings is 1. The Labute approximate surface area is 101 Å². The van der Waals surface area contributed by atoms with Crippen molar-refractivity contribution in [1.82, 2.24) is 10.2 Å². The maximum absolute atomic E-state index is 11.7. The third kappa shape index (κ3) is 4.77. The van der Waals surface area contributed by atoms with Crippen LogP contribution in [0, 0.1) is 0 Å². The van der Waals surface area contributed by atoms with E-state index in [-0.39, 0.29) is 5.91 Å². The molecule has 1 aromatic heterocycles. The molecule has 0 saturated heterocycles. The summed E-state index contributed by atoms with van der Waals surface area (Å²) < 4.78 is 0. The lowest BCUT2D eigenvalue weighted by Crippen LogP contribution is -2.31. The van der Waals surface area contributed by atoms with Crippen molar-refractivity contribution in [3.8, 4) is 0 Å². The van der Waals surface area contributed by atoms with Crippen molar-refractivity contribution in [3.63, 3.8) is 0 Å². The molecular weight excluding hydrogens is 220 g/mol. The standard InChI is InChI=1S/C12H20N2OS/c1-10(2)13-6-4-12(15)14(3)8-11-5-7-16-9-11/h5,7,9-10,13H,4,6,8H2,1-3H3. The van der Waals surface area contributed by atoms with Crippen molar-refractivity contribution in [2.45, 2.75) is 32.9 Å². The Morgan fingerprint density at radius 1 is 1.56 bits per heavy atom. The van der Waals surface area contributed by atoms with Crippen LogP contribution in [0.25, 0.3) is 0 Å². The van der Waals surface area contributed by atoms with Gasteiger partial charge in [0.1, 0.15) is 0 Å². The first-order valence-corrected chi connectivity index (χ1v) is 6.52. The maximum atomic E-state index is 11.7. The van der Waals surface area contributed by atoms with E-state index in [1.807, 2.05) is 12.4 Å². The van der Waals surface area contributed by atoms with E-state index in [1.54, 1.807) is 16.2 Å². The lowest BCUT2D eigenvalue weighted by atomic mass is 10.3. The third-order valence-corrected chi connectivity index (χ3v) is 3.05. The average molecular weight is 240 g/mol. The van der Waals surface area contributed by atoms with Gasteiger partial charge in [0.05, 0.1) is 0 Å². The summed E-state index contributed by atoms with van der Waals surface area (Å²) in [5, 5.41) is 7.36. The molecule has 0 aliphatic rings. The van der Waals surface area contributed by atoms with Crippen LogP contribution in [-0.2, 0) is 11.3 Å². The van der Waals surface area contributed by atoms with Crippen LogP contribution in [0.1, 0.15) is 25.8 Å². The van der Waals surface area contributed by atoms with Crippen LogP contribution in [0.2, 0.25) is 0 Å². The summed E-state index contributed by atoms with van der Waals surface area (Å²) >= 11 is 1.66. The smallest absolute Gasteiger partial charge is 0.223 e. The van der Waals surface area contributed by atoms with Crippen LogP contribution in [0.15, 0.2) is 16.8 Å². The number of hydrogen-bond acceptors (Lipinski definition) is 3. The van der Waals surface area contributed by atoms with Gasteiger partial charge >= 0.3 is 0 Å². The van der Waals surface area contributed by atoms with E-state index in [9.17, 15) is 4.79 Å². The largest absolute Gasteiger partial charge is 0.341 e. The van der Waals surface area contributed by atoms with E-state index < -0.39 is 0 Å². The van der Waals surface area contributed by atoms with Crippen LogP contribution in [0.5, 0.6) is 0 Å². The average Bonchev–Trinajstić information content (AvgIpc) is 2.69. The SMILES string of the molecule is CC(C)NCCC(=O)N(C)Cc1ccsc1. The van der Waals surface area contributed by atoms with Crippen molar-refractivity contribution in [1.29, 1.82) is 0 Å². The summed E-state index contributed by atoms with van der Waals surface area (Å²) in [7, 11) is 1.86. The van der Waals surface area contributed by atoms with Crippen molar-refractivity contribution < 1.29 is 4.79 Å². The molecule has 1 N–H and O–H groups in total. The highest BCUT2D eigenvalue weighted by Crippen LogP contribution is 2.08. The Balaban J connectivity index is 2.25. The molecule has 1 amide bonds. The van der Waals surface area contributed by atoms with Crippen molar-refractivity contribution in [2.24, 2.45) is 0 Å². The van der Waals surface area contributed by atoms with Gasteiger partial charge in [-0.25, -0.2) is 0 Å². The van der Waals surface area contributed by atoms with Crippen LogP contribution in [0.4, 0.5) is 0 Å². The minimum atomic E-state index is 0.194. The minimum Gasteiger partial charge on any atom is -0.341 e. The topological polar surface area (TPSA) is 32.3 Å². The fraction of sp³-hybridized carbons (Fsp3) is 0.583. The van der Waals surface area contributed by atoms with Gasteiger partial charge in [0.2, 0.25) is 5.91 Å². The fourth-order valence-corrected chi connectivity index (χ4v) is 2.06. The third-order valence-electron chi connectivity index (χ3n) is 2.32. The number of carbonyl (C=O) groups excluding carboxylic acids is 1. The van der Waals surface area contributed by atoms with Crippen molar-refractivity contribution in [2.75, 3.05) is 13.6 Å². The predicted molar refractivity (Wildman–Crippen MR) is 68.5 cm³/mol. The van der Waals surface area contributed by atoms with Gasteiger partial charge in [0, 0.05) is 32.6 Å². The molecule has 0 aliphatic carbocycles. The second kappa shape index (κ2) is 6.66. The van der Waals surface area contributed by atoms with E-state index in [2.05, 4.69) is 30.6 Å². The Morgan fingerprint density at radius 2 is 2.31 bits per heavy atom. The predicted octanol–water partition coefficient (Wildman–Crippen LogP) is 2.09. The molecule has 1 aromatic rings. The molecule has 0 saturated carbocycles. The Morgan fingerprint density at radius 3 is 2.88 bits per heavy atom. The Kier molecular flexibility index (Phi) is 5.49. The number of rotatable bonds is 6. The van der Waals surface area contributed by atoms with Crippen LogP contribution >= 0.6 is 11.3 Å².